The van der Waals surface area contributed by atoms with Gasteiger partial charge in [-0.15, -0.1) is 23.1 Å². The summed E-state index contributed by atoms with van der Waals surface area (Å²) in [6.07, 6.45) is 0.0957. The van der Waals surface area contributed by atoms with Gasteiger partial charge in [-0.2, -0.15) is 0 Å². The maximum Gasteiger partial charge on any atom is 0.284 e. The van der Waals surface area contributed by atoms with E-state index in [-0.39, 0.29) is 30.9 Å². The first-order valence-corrected chi connectivity index (χ1v) is 9.25. The van der Waals surface area contributed by atoms with Gasteiger partial charge in [-0.25, -0.2) is 0 Å². The lowest BCUT2D eigenvalue weighted by Crippen LogP contribution is -2.81. The fraction of sp³-hybridized carbons (Fsp3) is 0.438. The Labute approximate surface area is 158 Å². The molecular weight excluding hydrogens is 380 g/mol. The number of nitrogens with one attached hydrogen (secondary N) is 1. The Morgan fingerprint density at radius 2 is 2.27 bits per heavy atom. The van der Waals surface area contributed by atoms with Crippen molar-refractivity contribution in [2.75, 3.05) is 19.5 Å². The number of rotatable bonds is 6. The van der Waals surface area contributed by atoms with Gasteiger partial charge in [0.1, 0.15) is 5.37 Å². The number of fused-ring (bicyclic) bond motifs is 1. The SMILES string of the molecule is C.CO[C@@]1(NC(=O)Cc2cccs2)C(=O)N2C(C(=O)[O-])=C(CO)CSC21. The number of carbonyl (C=O) groups excluding carboxylic acids is 3. The number of carboxylic acids is 1. The number of thiophene rings is 1. The van der Waals surface area contributed by atoms with Gasteiger partial charge in [-0.05, 0) is 17.0 Å². The molecule has 26 heavy (non-hydrogen) atoms. The maximum atomic E-state index is 12.6. The van der Waals surface area contributed by atoms with Crippen LogP contribution in [-0.2, 0) is 25.5 Å². The molecule has 1 aromatic rings. The lowest BCUT2D eigenvalue weighted by atomic mass is 9.98. The van der Waals surface area contributed by atoms with E-state index < -0.39 is 35.5 Å². The van der Waals surface area contributed by atoms with E-state index in [9.17, 15) is 24.6 Å². The molecule has 142 valence electrons. The van der Waals surface area contributed by atoms with Crippen molar-refractivity contribution in [3.63, 3.8) is 0 Å². The molecule has 0 saturated carbocycles. The summed E-state index contributed by atoms with van der Waals surface area (Å²) in [6, 6.07) is 3.62. The number of amides is 2. The summed E-state index contributed by atoms with van der Waals surface area (Å²) in [5, 5.41) is 24.4. The topological polar surface area (TPSA) is 119 Å². The maximum absolute atomic E-state index is 12.6. The molecule has 3 heterocycles. The van der Waals surface area contributed by atoms with E-state index in [0.717, 1.165) is 9.78 Å². The van der Waals surface area contributed by atoms with Crippen LogP contribution < -0.4 is 10.4 Å². The van der Waals surface area contributed by atoms with Crippen molar-refractivity contribution in [2.24, 2.45) is 0 Å². The largest absolute Gasteiger partial charge is 0.543 e. The summed E-state index contributed by atoms with van der Waals surface area (Å²) in [4.78, 5) is 38.1. The second kappa shape index (κ2) is 7.78. The van der Waals surface area contributed by atoms with Crippen molar-refractivity contribution >= 4 is 40.9 Å². The van der Waals surface area contributed by atoms with E-state index in [1.54, 1.807) is 6.07 Å². The van der Waals surface area contributed by atoms with E-state index in [4.69, 9.17) is 4.74 Å². The molecule has 0 aliphatic carbocycles. The van der Waals surface area contributed by atoms with Gasteiger partial charge in [0.2, 0.25) is 5.91 Å². The van der Waals surface area contributed by atoms with Crippen LogP contribution in [0.5, 0.6) is 0 Å². The Morgan fingerprint density at radius 3 is 2.81 bits per heavy atom. The van der Waals surface area contributed by atoms with Crippen LogP contribution >= 0.6 is 23.1 Å². The predicted octanol–water partition coefficient (Wildman–Crippen LogP) is -0.703. The Bertz CT molecular complexity index is 748. The van der Waals surface area contributed by atoms with E-state index in [1.165, 1.54) is 30.2 Å². The molecule has 2 atom stereocenters. The monoisotopic (exact) mass is 399 g/mol. The molecule has 0 radical (unpaired) electrons. The molecule has 2 amide bonds. The Hall–Kier alpha value is -1.88. The first-order valence-electron chi connectivity index (χ1n) is 7.32. The average molecular weight is 399 g/mol. The molecule has 3 rings (SSSR count). The minimum absolute atomic E-state index is 0. The fourth-order valence-electron chi connectivity index (χ4n) is 2.88. The van der Waals surface area contributed by atoms with Crippen LogP contribution in [0, 0.1) is 0 Å². The number of aliphatic hydroxyl groups excluding tert-OH is 1. The van der Waals surface area contributed by atoms with Crippen molar-refractivity contribution in [2.45, 2.75) is 24.9 Å². The number of nitrogens with zero attached hydrogens (tertiary/aromatic N) is 1. The number of carboxylic acid groups (broad SMARTS) is 1. The van der Waals surface area contributed by atoms with Crippen LogP contribution in [0.1, 0.15) is 12.3 Å². The molecule has 0 spiro atoms. The molecule has 1 fully saturated rings. The van der Waals surface area contributed by atoms with Crippen LogP contribution in [-0.4, -0.2) is 58.4 Å². The number of hydrogen-bond acceptors (Lipinski definition) is 8. The van der Waals surface area contributed by atoms with Gasteiger partial charge in [0, 0.05) is 17.7 Å². The number of aliphatic carboxylic acids is 1. The molecule has 10 heteroatoms. The number of carbonyl (C=O) groups is 3. The van der Waals surface area contributed by atoms with Gasteiger partial charge >= 0.3 is 0 Å². The predicted molar refractivity (Wildman–Crippen MR) is 94.8 cm³/mol. The molecule has 0 bridgehead atoms. The molecule has 1 unspecified atom stereocenters. The summed E-state index contributed by atoms with van der Waals surface area (Å²) in [5.74, 6) is -2.45. The molecule has 8 nitrogen and oxygen atoms in total. The first kappa shape index (κ1) is 20.4. The molecule has 2 aliphatic rings. The first-order chi connectivity index (χ1) is 11.9. The van der Waals surface area contributed by atoms with Crippen LogP contribution in [0.15, 0.2) is 28.8 Å². The highest BCUT2D eigenvalue weighted by Crippen LogP contribution is 2.46. The van der Waals surface area contributed by atoms with E-state index in [2.05, 4.69) is 5.32 Å². The van der Waals surface area contributed by atoms with Crippen molar-refractivity contribution < 1.29 is 29.3 Å². The van der Waals surface area contributed by atoms with Gasteiger partial charge in [-0.3, -0.25) is 14.5 Å². The van der Waals surface area contributed by atoms with Crippen LogP contribution in [0.25, 0.3) is 0 Å². The van der Waals surface area contributed by atoms with E-state index in [1.807, 2.05) is 11.4 Å². The number of hydrogen-bond donors (Lipinski definition) is 2. The fourth-order valence-corrected chi connectivity index (χ4v) is 5.01. The summed E-state index contributed by atoms with van der Waals surface area (Å²) in [7, 11) is 1.28. The highest BCUT2D eigenvalue weighted by atomic mass is 32.2. The Morgan fingerprint density at radius 1 is 1.54 bits per heavy atom. The molecule has 2 aliphatic heterocycles. The summed E-state index contributed by atoms with van der Waals surface area (Å²) >= 11 is 2.63. The van der Waals surface area contributed by atoms with Crippen molar-refractivity contribution in [3.05, 3.63) is 33.7 Å². The minimum atomic E-state index is -1.62. The minimum Gasteiger partial charge on any atom is -0.543 e. The molecule has 1 aromatic heterocycles. The molecule has 1 saturated heterocycles. The van der Waals surface area contributed by atoms with Gasteiger partial charge in [0.15, 0.2) is 0 Å². The number of ether oxygens (including phenoxy) is 1. The van der Waals surface area contributed by atoms with Gasteiger partial charge in [-0.1, -0.05) is 13.5 Å². The summed E-state index contributed by atoms with van der Waals surface area (Å²) in [5.41, 5.74) is -1.78. The zero-order chi connectivity index (χ0) is 18.2. The normalized spacial score (nSPS) is 24.5. The molecular formula is C16H19N2O6S2-. The van der Waals surface area contributed by atoms with Gasteiger partial charge < -0.3 is 25.1 Å². The van der Waals surface area contributed by atoms with Crippen LogP contribution in [0.4, 0.5) is 0 Å². The number of β-lactam (4-membered cyclic amide) rings is 1. The highest BCUT2D eigenvalue weighted by molar-refractivity contribution is 8.00. The second-order valence-electron chi connectivity index (χ2n) is 5.48. The molecule has 0 aromatic carbocycles. The smallest absolute Gasteiger partial charge is 0.284 e. The third kappa shape index (κ3) is 3.13. The van der Waals surface area contributed by atoms with Gasteiger partial charge in [0.25, 0.3) is 11.6 Å². The van der Waals surface area contributed by atoms with Gasteiger partial charge in [0.05, 0.1) is 24.7 Å². The van der Waals surface area contributed by atoms with Crippen molar-refractivity contribution in [3.8, 4) is 0 Å². The average Bonchev–Trinajstić information content (AvgIpc) is 3.10. The zero-order valence-electron chi connectivity index (χ0n) is 13.2. The van der Waals surface area contributed by atoms with E-state index in [0.29, 0.717) is 0 Å². The van der Waals surface area contributed by atoms with Crippen molar-refractivity contribution in [1.82, 2.24) is 10.2 Å². The molecule has 2 N–H and O–H groups in total. The highest BCUT2D eigenvalue weighted by Gasteiger charge is 2.65. The quantitative estimate of drug-likeness (QED) is 0.479. The van der Waals surface area contributed by atoms with Crippen LogP contribution in [0.3, 0.4) is 0 Å². The second-order valence-corrected chi connectivity index (χ2v) is 7.58. The third-order valence-electron chi connectivity index (χ3n) is 4.06. The number of methoxy groups -OCH3 is 1. The zero-order valence-corrected chi connectivity index (χ0v) is 14.8. The Kier molecular flexibility index (Phi) is 6.12. The Balaban J connectivity index is 0.00000243. The summed E-state index contributed by atoms with van der Waals surface area (Å²) < 4.78 is 5.30. The van der Waals surface area contributed by atoms with Crippen LogP contribution in [0.2, 0.25) is 0 Å². The third-order valence-corrected chi connectivity index (χ3v) is 6.31. The lowest BCUT2D eigenvalue weighted by molar-refractivity contribution is -0.302. The van der Waals surface area contributed by atoms with E-state index >= 15 is 0 Å². The number of aliphatic hydroxyl groups is 1. The summed E-state index contributed by atoms with van der Waals surface area (Å²) in [6.45, 7) is -0.489. The standard InChI is InChI=1S/C15H16N2O6S2.CH4/c1-23-15(16-10(19)5-9-3-2-4-24-9)13(22)17-11(12(20)21)8(6-18)7-25-14(15)17;/h2-4,14,18H,5-7H2,1H3,(H,16,19)(H,20,21);1H4/p-1/t14?,15-;/m0./s1. The number of thioether (sulfide) groups is 1. The van der Waals surface area contributed by atoms with Crippen molar-refractivity contribution in [1.29, 1.82) is 0 Å². The lowest BCUT2D eigenvalue weighted by Gasteiger charge is -2.56.